The molecule has 0 radical (unpaired) electrons. The maximum atomic E-state index is 11.4. The molecule has 0 atom stereocenters. The van der Waals surface area contributed by atoms with E-state index in [0.717, 1.165) is 5.56 Å². The van der Waals surface area contributed by atoms with E-state index in [9.17, 15) is 4.79 Å². The average molecular weight is 194 g/mol. The molecule has 0 bridgehead atoms. The van der Waals surface area contributed by atoms with Crippen molar-refractivity contribution in [2.75, 3.05) is 13.2 Å². The molecule has 1 aromatic rings. The molecule has 4 nitrogen and oxygen atoms in total. The van der Waals surface area contributed by atoms with Crippen LogP contribution in [-0.2, 0) is 6.54 Å². The van der Waals surface area contributed by atoms with Crippen molar-refractivity contribution in [1.29, 1.82) is 0 Å². The minimum atomic E-state index is -0.186. The molecule has 4 heteroatoms. The van der Waals surface area contributed by atoms with Crippen LogP contribution in [0.15, 0.2) is 24.3 Å². The van der Waals surface area contributed by atoms with Gasteiger partial charge in [-0.3, -0.25) is 4.79 Å². The van der Waals surface area contributed by atoms with E-state index in [1.807, 2.05) is 6.07 Å². The number of carbonyl (C=O) groups is 1. The molecule has 1 rings (SSSR count). The van der Waals surface area contributed by atoms with Crippen LogP contribution in [0.2, 0.25) is 0 Å². The highest BCUT2D eigenvalue weighted by atomic mass is 16.3. The van der Waals surface area contributed by atoms with Crippen LogP contribution in [0.4, 0.5) is 0 Å². The maximum Gasteiger partial charge on any atom is 0.251 e. The number of carbonyl (C=O) groups excluding carboxylic acids is 1. The van der Waals surface area contributed by atoms with Crippen LogP contribution in [0, 0.1) is 0 Å². The van der Waals surface area contributed by atoms with Gasteiger partial charge in [0.15, 0.2) is 0 Å². The van der Waals surface area contributed by atoms with Gasteiger partial charge in [-0.15, -0.1) is 0 Å². The summed E-state index contributed by atoms with van der Waals surface area (Å²) in [7, 11) is 0. The third kappa shape index (κ3) is 2.83. The number of amides is 1. The Morgan fingerprint density at radius 3 is 2.93 bits per heavy atom. The van der Waals surface area contributed by atoms with Crippen molar-refractivity contribution in [2.45, 2.75) is 6.54 Å². The Kier molecular flexibility index (Phi) is 4.10. The van der Waals surface area contributed by atoms with E-state index in [-0.39, 0.29) is 19.1 Å². The van der Waals surface area contributed by atoms with Crippen LogP contribution in [0.3, 0.4) is 0 Å². The fourth-order valence-electron chi connectivity index (χ4n) is 1.11. The first-order chi connectivity index (χ1) is 6.77. The third-order valence-corrected chi connectivity index (χ3v) is 1.82. The van der Waals surface area contributed by atoms with Crippen molar-refractivity contribution in [3.8, 4) is 0 Å². The number of nitrogens with one attached hydrogen (secondary N) is 1. The van der Waals surface area contributed by atoms with Crippen molar-refractivity contribution in [3.05, 3.63) is 35.4 Å². The molecule has 1 amide bonds. The van der Waals surface area contributed by atoms with Crippen LogP contribution in [-0.4, -0.2) is 24.2 Å². The van der Waals surface area contributed by atoms with Gasteiger partial charge in [0, 0.05) is 18.7 Å². The molecule has 0 spiro atoms. The first-order valence-corrected chi connectivity index (χ1v) is 4.46. The summed E-state index contributed by atoms with van der Waals surface area (Å²) in [5.41, 5.74) is 6.94. The topological polar surface area (TPSA) is 75.4 Å². The highest BCUT2D eigenvalue weighted by Gasteiger charge is 2.03. The molecule has 0 aliphatic rings. The second-order valence-electron chi connectivity index (χ2n) is 2.88. The van der Waals surface area contributed by atoms with E-state index in [0.29, 0.717) is 12.1 Å². The molecular formula is C10H14N2O2. The molecule has 0 aliphatic heterocycles. The van der Waals surface area contributed by atoms with Crippen LogP contribution in [0.25, 0.3) is 0 Å². The molecule has 1 aromatic carbocycles. The molecule has 0 unspecified atom stereocenters. The quantitative estimate of drug-likeness (QED) is 0.625. The minimum absolute atomic E-state index is 0.0533. The Morgan fingerprint density at radius 1 is 1.50 bits per heavy atom. The largest absolute Gasteiger partial charge is 0.395 e. The number of rotatable bonds is 4. The number of hydrogen-bond acceptors (Lipinski definition) is 3. The smallest absolute Gasteiger partial charge is 0.251 e. The molecule has 76 valence electrons. The molecule has 0 aromatic heterocycles. The zero-order valence-electron chi connectivity index (χ0n) is 7.86. The van der Waals surface area contributed by atoms with Gasteiger partial charge in [-0.25, -0.2) is 0 Å². The molecule has 4 N–H and O–H groups in total. The van der Waals surface area contributed by atoms with Crippen molar-refractivity contribution < 1.29 is 9.90 Å². The SMILES string of the molecule is NCc1cccc(C(=O)NCCO)c1. The zero-order chi connectivity index (χ0) is 10.4. The van der Waals surface area contributed by atoms with Gasteiger partial charge in [0.05, 0.1) is 6.61 Å². The van der Waals surface area contributed by atoms with Crippen LogP contribution in [0.1, 0.15) is 15.9 Å². The van der Waals surface area contributed by atoms with Gasteiger partial charge in [-0.2, -0.15) is 0 Å². The van der Waals surface area contributed by atoms with Gasteiger partial charge in [-0.1, -0.05) is 12.1 Å². The number of nitrogens with two attached hydrogens (primary N) is 1. The van der Waals surface area contributed by atoms with Crippen molar-refractivity contribution in [2.24, 2.45) is 5.73 Å². The van der Waals surface area contributed by atoms with Gasteiger partial charge in [-0.05, 0) is 17.7 Å². The fraction of sp³-hybridized carbons (Fsp3) is 0.300. The predicted molar refractivity (Wildman–Crippen MR) is 53.8 cm³/mol. The summed E-state index contributed by atoms with van der Waals surface area (Å²) < 4.78 is 0. The lowest BCUT2D eigenvalue weighted by Gasteiger charge is -2.04. The number of aliphatic hydroxyl groups is 1. The lowest BCUT2D eigenvalue weighted by atomic mass is 10.1. The average Bonchev–Trinajstić information content (AvgIpc) is 2.26. The Hall–Kier alpha value is -1.39. The minimum Gasteiger partial charge on any atom is -0.395 e. The van der Waals surface area contributed by atoms with E-state index in [4.69, 9.17) is 10.8 Å². The molecular weight excluding hydrogens is 180 g/mol. The number of aliphatic hydroxyl groups excluding tert-OH is 1. The summed E-state index contributed by atoms with van der Waals surface area (Å²) in [4.78, 5) is 11.4. The first kappa shape index (κ1) is 10.7. The number of benzene rings is 1. The van der Waals surface area contributed by atoms with E-state index in [1.54, 1.807) is 18.2 Å². The zero-order valence-corrected chi connectivity index (χ0v) is 7.86. The Morgan fingerprint density at radius 2 is 2.29 bits per heavy atom. The second kappa shape index (κ2) is 5.36. The molecule has 0 saturated carbocycles. The maximum absolute atomic E-state index is 11.4. The first-order valence-electron chi connectivity index (χ1n) is 4.46. The summed E-state index contributed by atoms with van der Waals surface area (Å²) in [5, 5.41) is 11.1. The van der Waals surface area contributed by atoms with Crippen LogP contribution >= 0.6 is 0 Å². The van der Waals surface area contributed by atoms with E-state index in [1.165, 1.54) is 0 Å². The van der Waals surface area contributed by atoms with Crippen LogP contribution < -0.4 is 11.1 Å². The van der Waals surface area contributed by atoms with Crippen molar-refractivity contribution >= 4 is 5.91 Å². The molecule has 0 saturated heterocycles. The van der Waals surface area contributed by atoms with E-state index < -0.39 is 0 Å². The third-order valence-electron chi connectivity index (χ3n) is 1.82. The second-order valence-corrected chi connectivity index (χ2v) is 2.88. The molecule has 0 heterocycles. The predicted octanol–water partition coefficient (Wildman–Crippen LogP) is -0.133. The monoisotopic (exact) mass is 194 g/mol. The van der Waals surface area contributed by atoms with Gasteiger partial charge in [0.1, 0.15) is 0 Å². The summed E-state index contributed by atoms with van der Waals surface area (Å²) >= 11 is 0. The lowest BCUT2D eigenvalue weighted by molar-refractivity contribution is 0.0944. The Balaban J connectivity index is 2.69. The van der Waals surface area contributed by atoms with Gasteiger partial charge in [0.25, 0.3) is 5.91 Å². The summed E-state index contributed by atoms with van der Waals surface area (Å²) in [6, 6.07) is 7.11. The summed E-state index contributed by atoms with van der Waals surface area (Å²) in [6.45, 7) is 0.634. The number of hydrogen-bond donors (Lipinski definition) is 3. The fourth-order valence-corrected chi connectivity index (χ4v) is 1.11. The highest BCUT2D eigenvalue weighted by molar-refractivity contribution is 5.94. The van der Waals surface area contributed by atoms with Gasteiger partial charge in [0.2, 0.25) is 0 Å². The van der Waals surface area contributed by atoms with E-state index >= 15 is 0 Å². The summed E-state index contributed by atoms with van der Waals surface area (Å²) in [6.07, 6.45) is 0. The standard InChI is InChI=1S/C10H14N2O2/c11-7-8-2-1-3-9(6-8)10(14)12-4-5-13/h1-3,6,13H,4-5,7,11H2,(H,12,14). The normalized spacial score (nSPS) is 9.86. The van der Waals surface area contributed by atoms with Crippen molar-refractivity contribution in [1.82, 2.24) is 5.32 Å². The molecule has 14 heavy (non-hydrogen) atoms. The Bertz CT molecular complexity index is 313. The molecule has 0 fully saturated rings. The lowest BCUT2D eigenvalue weighted by Crippen LogP contribution is -2.26. The van der Waals surface area contributed by atoms with Gasteiger partial charge < -0.3 is 16.2 Å². The summed E-state index contributed by atoms with van der Waals surface area (Å²) in [5.74, 6) is -0.186. The molecule has 0 aliphatic carbocycles. The Labute approximate surface area is 82.7 Å². The van der Waals surface area contributed by atoms with E-state index in [2.05, 4.69) is 5.32 Å². The highest BCUT2D eigenvalue weighted by Crippen LogP contribution is 2.04. The van der Waals surface area contributed by atoms with Crippen LogP contribution in [0.5, 0.6) is 0 Å². The van der Waals surface area contributed by atoms with Gasteiger partial charge >= 0.3 is 0 Å². The van der Waals surface area contributed by atoms with Crippen molar-refractivity contribution in [3.63, 3.8) is 0 Å².